The molecule has 0 aromatic heterocycles. The Morgan fingerprint density at radius 2 is 1.71 bits per heavy atom. The van der Waals surface area contributed by atoms with Gasteiger partial charge < -0.3 is 10.6 Å². The second-order valence-electron chi connectivity index (χ2n) is 5.52. The fourth-order valence-corrected chi connectivity index (χ4v) is 2.79. The SMILES string of the molecule is O=C(/C=C/Sc1ccccc1)Nc1ccccc1C(=O)NC1CC1. The van der Waals surface area contributed by atoms with Gasteiger partial charge in [-0.3, -0.25) is 9.59 Å². The van der Waals surface area contributed by atoms with E-state index in [4.69, 9.17) is 0 Å². The van der Waals surface area contributed by atoms with E-state index in [1.807, 2.05) is 30.3 Å². The van der Waals surface area contributed by atoms with Gasteiger partial charge in [0, 0.05) is 17.0 Å². The minimum absolute atomic E-state index is 0.143. The predicted molar refractivity (Wildman–Crippen MR) is 97.0 cm³/mol. The van der Waals surface area contributed by atoms with Gasteiger partial charge in [0.2, 0.25) is 5.91 Å². The summed E-state index contributed by atoms with van der Waals surface area (Å²) in [6.07, 6.45) is 3.52. The third-order valence-corrected chi connectivity index (χ3v) is 4.33. The van der Waals surface area contributed by atoms with E-state index >= 15 is 0 Å². The lowest BCUT2D eigenvalue weighted by Crippen LogP contribution is -2.26. The number of thioether (sulfide) groups is 1. The number of para-hydroxylation sites is 1. The molecule has 2 amide bonds. The molecule has 122 valence electrons. The number of nitrogens with one attached hydrogen (secondary N) is 2. The van der Waals surface area contributed by atoms with Crippen molar-refractivity contribution in [1.29, 1.82) is 0 Å². The van der Waals surface area contributed by atoms with Crippen molar-refractivity contribution >= 4 is 29.3 Å². The van der Waals surface area contributed by atoms with Crippen LogP contribution in [0.5, 0.6) is 0 Å². The Hall–Kier alpha value is -2.53. The fourth-order valence-electron chi connectivity index (χ4n) is 2.13. The molecular weight excluding hydrogens is 320 g/mol. The van der Waals surface area contributed by atoms with E-state index in [0.717, 1.165) is 17.7 Å². The summed E-state index contributed by atoms with van der Waals surface area (Å²) >= 11 is 1.47. The van der Waals surface area contributed by atoms with Crippen LogP contribution >= 0.6 is 11.8 Å². The summed E-state index contributed by atoms with van der Waals surface area (Å²) in [6.45, 7) is 0. The maximum atomic E-state index is 12.2. The lowest BCUT2D eigenvalue weighted by atomic mass is 10.1. The number of benzene rings is 2. The lowest BCUT2D eigenvalue weighted by Gasteiger charge is -2.09. The Morgan fingerprint density at radius 3 is 2.46 bits per heavy atom. The molecule has 5 heteroatoms. The lowest BCUT2D eigenvalue weighted by molar-refractivity contribution is -0.111. The molecule has 0 unspecified atom stereocenters. The van der Waals surface area contributed by atoms with Gasteiger partial charge in [-0.05, 0) is 42.5 Å². The second-order valence-corrected chi connectivity index (χ2v) is 6.50. The summed E-state index contributed by atoms with van der Waals surface area (Å²) in [5.41, 5.74) is 1.01. The maximum Gasteiger partial charge on any atom is 0.253 e. The third-order valence-electron chi connectivity index (χ3n) is 3.51. The summed E-state index contributed by atoms with van der Waals surface area (Å²) in [4.78, 5) is 25.3. The fraction of sp³-hybridized carbons (Fsp3) is 0.158. The molecule has 0 radical (unpaired) electrons. The highest BCUT2D eigenvalue weighted by Crippen LogP contribution is 2.22. The molecule has 2 aromatic carbocycles. The Kier molecular flexibility index (Phi) is 5.33. The molecular formula is C19H18N2O2S. The van der Waals surface area contributed by atoms with E-state index in [0.29, 0.717) is 11.3 Å². The molecule has 4 nitrogen and oxygen atoms in total. The van der Waals surface area contributed by atoms with Crippen LogP contribution < -0.4 is 10.6 Å². The summed E-state index contributed by atoms with van der Waals surface area (Å²) in [6, 6.07) is 17.1. The van der Waals surface area contributed by atoms with Crippen LogP contribution in [0.2, 0.25) is 0 Å². The smallest absolute Gasteiger partial charge is 0.253 e. The largest absolute Gasteiger partial charge is 0.349 e. The minimum atomic E-state index is -0.259. The Labute approximate surface area is 145 Å². The highest BCUT2D eigenvalue weighted by atomic mass is 32.2. The molecule has 3 rings (SSSR count). The van der Waals surface area contributed by atoms with Gasteiger partial charge in [0.1, 0.15) is 0 Å². The number of hydrogen-bond donors (Lipinski definition) is 2. The highest BCUT2D eigenvalue weighted by molar-refractivity contribution is 8.02. The van der Waals surface area contributed by atoms with Crippen molar-refractivity contribution in [1.82, 2.24) is 5.32 Å². The first-order valence-corrected chi connectivity index (χ1v) is 8.69. The van der Waals surface area contributed by atoms with Crippen molar-refractivity contribution in [2.24, 2.45) is 0 Å². The number of hydrogen-bond acceptors (Lipinski definition) is 3. The zero-order chi connectivity index (χ0) is 16.8. The predicted octanol–water partition coefficient (Wildman–Crippen LogP) is 3.82. The van der Waals surface area contributed by atoms with Crippen LogP contribution in [-0.4, -0.2) is 17.9 Å². The Bertz CT molecular complexity index is 755. The summed E-state index contributed by atoms with van der Waals surface area (Å²) in [5, 5.41) is 7.44. The van der Waals surface area contributed by atoms with Crippen molar-refractivity contribution in [2.75, 3.05) is 5.32 Å². The number of rotatable bonds is 6. The monoisotopic (exact) mass is 338 g/mol. The molecule has 2 aromatic rings. The normalized spacial score (nSPS) is 13.7. The number of anilines is 1. The summed E-state index contributed by atoms with van der Waals surface area (Å²) in [5.74, 6) is -0.402. The van der Waals surface area contributed by atoms with Gasteiger partial charge in [-0.15, -0.1) is 0 Å². The molecule has 0 atom stereocenters. The van der Waals surface area contributed by atoms with Crippen LogP contribution in [-0.2, 0) is 4.79 Å². The molecule has 24 heavy (non-hydrogen) atoms. The van der Waals surface area contributed by atoms with E-state index in [2.05, 4.69) is 10.6 Å². The number of carbonyl (C=O) groups excluding carboxylic acids is 2. The molecule has 2 N–H and O–H groups in total. The summed E-state index contributed by atoms with van der Waals surface area (Å²) in [7, 11) is 0. The topological polar surface area (TPSA) is 58.2 Å². The molecule has 1 saturated carbocycles. The zero-order valence-electron chi connectivity index (χ0n) is 13.1. The highest BCUT2D eigenvalue weighted by Gasteiger charge is 2.24. The first-order valence-electron chi connectivity index (χ1n) is 7.81. The van der Waals surface area contributed by atoms with E-state index in [1.54, 1.807) is 29.7 Å². The van der Waals surface area contributed by atoms with Gasteiger partial charge in [0.25, 0.3) is 5.91 Å². The first kappa shape index (κ1) is 16.3. The van der Waals surface area contributed by atoms with Crippen LogP contribution in [0.3, 0.4) is 0 Å². The number of carbonyl (C=O) groups is 2. The van der Waals surface area contributed by atoms with Gasteiger partial charge in [0.05, 0.1) is 11.3 Å². The second kappa shape index (κ2) is 7.84. The average molecular weight is 338 g/mol. The van der Waals surface area contributed by atoms with Gasteiger partial charge in [-0.25, -0.2) is 0 Å². The maximum absolute atomic E-state index is 12.2. The molecule has 0 aliphatic heterocycles. The first-order chi connectivity index (χ1) is 11.7. The molecule has 1 aliphatic rings. The standard InChI is InChI=1S/C19H18N2O2S/c22-18(12-13-24-15-6-2-1-3-7-15)21-17-9-5-4-8-16(17)19(23)20-14-10-11-14/h1-9,12-14H,10-11H2,(H,20,23)(H,21,22)/b13-12+. The number of amides is 2. The molecule has 1 fully saturated rings. The minimum Gasteiger partial charge on any atom is -0.349 e. The van der Waals surface area contributed by atoms with Gasteiger partial charge in [-0.1, -0.05) is 42.1 Å². The third kappa shape index (κ3) is 4.73. The Balaban J connectivity index is 1.60. The van der Waals surface area contributed by atoms with E-state index in [-0.39, 0.29) is 17.9 Å². The van der Waals surface area contributed by atoms with Crippen LogP contribution in [0, 0.1) is 0 Å². The Morgan fingerprint density at radius 1 is 1.00 bits per heavy atom. The molecule has 1 aliphatic carbocycles. The molecule has 0 saturated heterocycles. The van der Waals surface area contributed by atoms with Gasteiger partial charge in [-0.2, -0.15) is 0 Å². The van der Waals surface area contributed by atoms with Crippen LogP contribution in [0.1, 0.15) is 23.2 Å². The van der Waals surface area contributed by atoms with Crippen LogP contribution in [0.25, 0.3) is 0 Å². The van der Waals surface area contributed by atoms with E-state index in [9.17, 15) is 9.59 Å². The van der Waals surface area contributed by atoms with Crippen molar-refractivity contribution < 1.29 is 9.59 Å². The van der Waals surface area contributed by atoms with Gasteiger partial charge >= 0.3 is 0 Å². The molecule has 0 heterocycles. The van der Waals surface area contributed by atoms with Crippen molar-refractivity contribution in [2.45, 2.75) is 23.8 Å². The summed E-state index contributed by atoms with van der Waals surface area (Å²) < 4.78 is 0. The average Bonchev–Trinajstić information content (AvgIpc) is 3.40. The van der Waals surface area contributed by atoms with Crippen LogP contribution in [0.4, 0.5) is 5.69 Å². The van der Waals surface area contributed by atoms with Crippen molar-refractivity contribution in [3.8, 4) is 0 Å². The van der Waals surface area contributed by atoms with E-state index < -0.39 is 0 Å². The van der Waals surface area contributed by atoms with E-state index in [1.165, 1.54) is 17.8 Å². The molecule has 0 bridgehead atoms. The van der Waals surface area contributed by atoms with Crippen LogP contribution in [0.15, 0.2) is 71.0 Å². The van der Waals surface area contributed by atoms with Gasteiger partial charge in [0.15, 0.2) is 0 Å². The molecule has 0 spiro atoms. The quantitative estimate of drug-likeness (QED) is 0.622. The van der Waals surface area contributed by atoms with Crippen molar-refractivity contribution in [3.63, 3.8) is 0 Å². The van der Waals surface area contributed by atoms with Crippen molar-refractivity contribution in [3.05, 3.63) is 71.6 Å². The zero-order valence-corrected chi connectivity index (χ0v) is 13.9.